The van der Waals surface area contributed by atoms with E-state index in [9.17, 15) is 18.0 Å². The highest BCUT2D eigenvalue weighted by molar-refractivity contribution is 5.76. The van der Waals surface area contributed by atoms with E-state index in [4.69, 9.17) is 15.2 Å². The maximum Gasteiger partial charge on any atom is 0.417 e. The van der Waals surface area contributed by atoms with Gasteiger partial charge in [0.2, 0.25) is 11.9 Å². The van der Waals surface area contributed by atoms with E-state index in [0.717, 1.165) is 6.07 Å². The topological polar surface area (TPSA) is 118 Å². The zero-order chi connectivity index (χ0) is 27.0. The Kier molecular flexibility index (Phi) is 6.94. The number of aromatic nitrogens is 3. The Morgan fingerprint density at radius 2 is 1.86 bits per heavy atom. The number of rotatable bonds is 6. The average molecular weight is 519 g/mol. The van der Waals surface area contributed by atoms with Crippen molar-refractivity contribution in [3.05, 3.63) is 47.5 Å². The lowest BCUT2D eigenvalue weighted by molar-refractivity contribution is -0.137. The van der Waals surface area contributed by atoms with Crippen molar-refractivity contribution in [1.29, 1.82) is 0 Å². The Hall–Kier alpha value is -3.96. The highest BCUT2D eigenvalue weighted by Crippen LogP contribution is 2.41. The Morgan fingerprint density at radius 3 is 2.43 bits per heavy atom. The molecule has 4 N–H and O–H groups in total. The van der Waals surface area contributed by atoms with Crippen molar-refractivity contribution >= 4 is 23.7 Å². The number of hydrogen-bond donors (Lipinski definition) is 3. The maximum absolute atomic E-state index is 14.0. The molecule has 198 valence electrons. The number of aromatic amines is 1. The quantitative estimate of drug-likeness (QED) is 0.401. The summed E-state index contributed by atoms with van der Waals surface area (Å²) in [5, 5.41) is 8.96. The van der Waals surface area contributed by atoms with Crippen LogP contribution in [0, 0.1) is 12.8 Å². The van der Waals surface area contributed by atoms with Crippen LogP contribution < -0.4 is 15.8 Å². The van der Waals surface area contributed by atoms with Gasteiger partial charge in [-0.05, 0) is 68.7 Å². The van der Waals surface area contributed by atoms with Crippen LogP contribution in [0.25, 0.3) is 11.1 Å². The van der Waals surface area contributed by atoms with Gasteiger partial charge in [-0.25, -0.2) is 9.89 Å². The first-order valence-electron chi connectivity index (χ1n) is 11.7. The number of likely N-dealkylation sites (tertiary alicyclic amines) is 1. The lowest BCUT2D eigenvalue weighted by Gasteiger charge is -2.39. The molecule has 0 atom stereocenters. The molecule has 1 saturated heterocycles. The van der Waals surface area contributed by atoms with Gasteiger partial charge in [-0.3, -0.25) is 0 Å². The molecule has 0 bridgehead atoms. The van der Waals surface area contributed by atoms with Gasteiger partial charge in [0.15, 0.2) is 0 Å². The number of hydrogen-bond acceptors (Lipinski definition) is 7. The summed E-state index contributed by atoms with van der Waals surface area (Å²) in [5.74, 6) is 0.809. The largest absolute Gasteiger partial charge is 0.493 e. The minimum atomic E-state index is -4.59. The monoisotopic (exact) mass is 518 g/mol. The van der Waals surface area contributed by atoms with Crippen LogP contribution in [0.5, 0.6) is 5.75 Å². The summed E-state index contributed by atoms with van der Waals surface area (Å²) in [6, 6.07) is 9.10. The molecule has 2 heterocycles. The van der Waals surface area contributed by atoms with Crippen LogP contribution >= 0.6 is 0 Å². The summed E-state index contributed by atoms with van der Waals surface area (Å²) in [5.41, 5.74) is 5.24. The third kappa shape index (κ3) is 6.43. The number of benzene rings is 2. The lowest BCUT2D eigenvalue weighted by Crippen LogP contribution is -2.53. The van der Waals surface area contributed by atoms with E-state index in [1.807, 2.05) is 20.8 Å². The van der Waals surface area contributed by atoms with Gasteiger partial charge in [0.1, 0.15) is 11.4 Å². The summed E-state index contributed by atoms with van der Waals surface area (Å²) in [4.78, 5) is 17.5. The van der Waals surface area contributed by atoms with Gasteiger partial charge < -0.3 is 25.4 Å². The zero-order valence-electron chi connectivity index (χ0n) is 20.9. The number of amides is 1. The lowest BCUT2D eigenvalue weighted by atomic mass is 9.93. The number of nitrogens with one attached hydrogen (secondary N) is 2. The van der Waals surface area contributed by atoms with Crippen LogP contribution in [-0.4, -0.2) is 51.5 Å². The molecule has 1 aliphatic heterocycles. The maximum atomic E-state index is 14.0. The third-order valence-electron chi connectivity index (χ3n) is 5.64. The van der Waals surface area contributed by atoms with Gasteiger partial charge in [-0.1, -0.05) is 12.1 Å². The van der Waals surface area contributed by atoms with Crippen LogP contribution in [0.2, 0.25) is 0 Å². The number of ether oxygens (including phenoxy) is 2. The van der Waals surface area contributed by atoms with Gasteiger partial charge in [0.25, 0.3) is 0 Å². The van der Waals surface area contributed by atoms with E-state index >= 15 is 0 Å². The van der Waals surface area contributed by atoms with Crippen LogP contribution in [0.3, 0.4) is 0 Å². The van der Waals surface area contributed by atoms with Gasteiger partial charge in [0.05, 0.1) is 12.2 Å². The number of anilines is 3. The average Bonchev–Trinajstić information content (AvgIpc) is 3.15. The van der Waals surface area contributed by atoms with E-state index in [-0.39, 0.29) is 35.2 Å². The van der Waals surface area contributed by atoms with Gasteiger partial charge in [-0.15, -0.1) is 5.10 Å². The summed E-state index contributed by atoms with van der Waals surface area (Å²) < 4.78 is 53.2. The summed E-state index contributed by atoms with van der Waals surface area (Å²) in [7, 11) is 0. The fourth-order valence-electron chi connectivity index (χ4n) is 4.01. The molecule has 12 heteroatoms. The molecule has 4 rings (SSSR count). The van der Waals surface area contributed by atoms with E-state index < -0.39 is 17.3 Å². The number of nitrogens with zero attached hydrogens (tertiary/aromatic N) is 3. The summed E-state index contributed by atoms with van der Waals surface area (Å²) in [6.45, 7) is 8.50. The standard InChI is InChI=1S/C25H29F3N6O3/c1-14-9-17(30-22-31-21(29)32-33-22)10-19(25(26,27)28)20(14)16-5-7-18(8-6-16)36-13-15-11-34(12-15)23(35)37-24(2,3)4/h5-10,15H,11-13H2,1-4H3,(H4,29,30,31,32,33). The van der Waals surface area contributed by atoms with Crippen LogP contribution in [0.4, 0.5) is 35.5 Å². The second kappa shape index (κ2) is 9.83. The Bertz CT molecular complexity index is 1260. The van der Waals surface area contributed by atoms with Crippen molar-refractivity contribution < 1.29 is 27.4 Å². The molecule has 1 amide bonds. The second-order valence-electron chi connectivity index (χ2n) is 9.97. The number of alkyl halides is 3. The first-order chi connectivity index (χ1) is 17.3. The van der Waals surface area contributed by atoms with Crippen molar-refractivity contribution in [2.45, 2.75) is 39.5 Å². The van der Waals surface area contributed by atoms with E-state index in [0.29, 0.717) is 36.6 Å². The normalized spacial score (nSPS) is 14.3. The van der Waals surface area contributed by atoms with Gasteiger partial charge in [0, 0.05) is 24.7 Å². The van der Waals surface area contributed by atoms with Crippen molar-refractivity contribution in [2.24, 2.45) is 5.92 Å². The summed E-state index contributed by atoms with van der Waals surface area (Å²) >= 11 is 0. The van der Waals surface area contributed by atoms with E-state index in [1.54, 1.807) is 42.2 Å². The highest BCUT2D eigenvalue weighted by Gasteiger charge is 2.36. The molecule has 9 nitrogen and oxygen atoms in total. The van der Waals surface area contributed by atoms with E-state index in [1.165, 1.54) is 0 Å². The van der Waals surface area contributed by atoms with Gasteiger partial charge >= 0.3 is 12.3 Å². The number of nitrogen functional groups attached to an aromatic ring is 1. The molecule has 0 unspecified atom stereocenters. The molecule has 1 aromatic heterocycles. The fourth-order valence-corrected chi connectivity index (χ4v) is 4.01. The first-order valence-corrected chi connectivity index (χ1v) is 11.7. The van der Waals surface area contributed by atoms with Crippen molar-refractivity contribution in [1.82, 2.24) is 20.1 Å². The molecule has 1 aliphatic rings. The second-order valence-corrected chi connectivity index (χ2v) is 9.97. The van der Waals surface area contributed by atoms with E-state index in [2.05, 4.69) is 20.5 Å². The molecule has 0 spiro atoms. The number of halogens is 3. The molecule has 0 saturated carbocycles. The number of carbonyl (C=O) groups excluding carboxylic acids is 1. The third-order valence-corrected chi connectivity index (χ3v) is 5.64. The minimum absolute atomic E-state index is 0.0480. The first kappa shape index (κ1) is 26.1. The molecular weight excluding hydrogens is 489 g/mol. The predicted molar refractivity (Wildman–Crippen MR) is 132 cm³/mol. The molecule has 1 fully saturated rings. The molecule has 2 aromatic carbocycles. The van der Waals surface area contributed by atoms with Crippen LogP contribution in [0.15, 0.2) is 36.4 Å². The van der Waals surface area contributed by atoms with Crippen molar-refractivity contribution in [3.8, 4) is 16.9 Å². The predicted octanol–water partition coefficient (Wildman–Crippen LogP) is 5.37. The molecular formula is C25H29F3N6O3. The number of carbonyl (C=O) groups is 1. The minimum Gasteiger partial charge on any atom is -0.493 e. The van der Waals surface area contributed by atoms with Crippen molar-refractivity contribution in [2.75, 3.05) is 30.7 Å². The zero-order valence-corrected chi connectivity index (χ0v) is 20.9. The molecule has 0 aliphatic carbocycles. The summed E-state index contributed by atoms with van der Waals surface area (Å²) in [6.07, 6.45) is -4.94. The van der Waals surface area contributed by atoms with Crippen LogP contribution in [-0.2, 0) is 10.9 Å². The Labute approximate surface area is 212 Å². The number of nitrogens with two attached hydrogens (primary N) is 1. The SMILES string of the molecule is Cc1cc(Nc2n[nH]c(N)n2)cc(C(F)(F)F)c1-c1ccc(OCC2CN(C(=O)OC(C)(C)C)C2)cc1. The smallest absolute Gasteiger partial charge is 0.417 e. The fraction of sp³-hybridized carbons (Fsp3) is 0.400. The van der Waals surface area contributed by atoms with Gasteiger partial charge in [-0.2, -0.15) is 18.2 Å². The Balaban J connectivity index is 1.42. The van der Waals surface area contributed by atoms with Crippen molar-refractivity contribution in [3.63, 3.8) is 0 Å². The molecule has 3 aromatic rings. The highest BCUT2D eigenvalue weighted by atomic mass is 19.4. The molecule has 37 heavy (non-hydrogen) atoms. The number of H-pyrrole nitrogens is 1. The Morgan fingerprint density at radius 1 is 1.19 bits per heavy atom. The molecule has 0 radical (unpaired) electrons. The number of aryl methyl sites for hydroxylation is 1. The van der Waals surface area contributed by atoms with Crippen LogP contribution in [0.1, 0.15) is 31.9 Å².